The third-order valence-corrected chi connectivity index (χ3v) is 6.35. The van der Waals surface area contributed by atoms with E-state index in [9.17, 15) is 18.8 Å². The fourth-order valence-corrected chi connectivity index (χ4v) is 4.40. The molecule has 11 heteroatoms. The Kier molecular flexibility index (Phi) is 7.00. The van der Waals surface area contributed by atoms with Crippen LogP contribution in [0, 0.1) is 11.7 Å². The molecular formula is C25H28FN7O3. The zero-order valence-electron chi connectivity index (χ0n) is 20.3. The van der Waals surface area contributed by atoms with E-state index in [1.54, 1.807) is 68.3 Å². The highest BCUT2D eigenvalue weighted by Gasteiger charge is 2.55. The first-order valence-electron chi connectivity index (χ1n) is 11.6. The number of aromatic nitrogens is 3. The molecule has 0 aliphatic carbocycles. The SMILES string of the molecule is CCC(NC(=O)N1C(=O)[C@H](Cc2ccnc(N)c2)[C@H]1C(=O)N(C)c1ccn(C)n1)c1ccccc1F. The number of carbonyl (C=O) groups is 3. The van der Waals surface area contributed by atoms with Crippen LogP contribution in [0.5, 0.6) is 0 Å². The van der Waals surface area contributed by atoms with Crippen LogP contribution >= 0.6 is 0 Å². The molecule has 1 unspecified atom stereocenters. The summed E-state index contributed by atoms with van der Waals surface area (Å²) < 4.78 is 15.9. The van der Waals surface area contributed by atoms with Crippen molar-refractivity contribution in [1.29, 1.82) is 0 Å². The van der Waals surface area contributed by atoms with Crippen LogP contribution in [0.1, 0.15) is 30.5 Å². The number of nitrogens with one attached hydrogen (secondary N) is 1. The number of halogens is 1. The molecule has 3 heterocycles. The highest BCUT2D eigenvalue weighted by atomic mass is 19.1. The number of likely N-dealkylation sites (N-methyl/N-ethyl adjacent to an activating group) is 1. The van der Waals surface area contributed by atoms with Gasteiger partial charge in [-0.3, -0.25) is 24.1 Å². The van der Waals surface area contributed by atoms with E-state index < -0.39 is 41.7 Å². The van der Waals surface area contributed by atoms with E-state index in [2.05, 4.69) is 15.4 Å². The third kappa shape index (κ3) is 4.77. The molecule has 0 spiro atoms. The lowest BCUT2D eigenvalue weighted by Crippen LogP contribution is -2.70. The van der Waals surface area contributed by atoms with Gasteiger partial charge < -0.3 is 11.1 Å². The summed E-state index contributed by atoms with van der Waals surface area (Å²) in [5.74, 6) is -1.54. The third-order valence-electron chi connectivity index (χ3n) is 6.35. The molecule has 3 atom stereocenters. The fraction of sp³-hybridized carbons (Fsp3) is 0.320. The number of nitrogens with two attached hydrogens (primary N) is 1. The number of aryl methyl sites for hydroxylation is 1. The van der Waals surface area contributed by atoms with Crippen molar-refractivity contribution in [3.05, 3.63) is 71.8 Å². The van der Waals surface area contributed by atoms with E-state index in [-0.39, 0.29) is 12.2 Å². The second-order valence-corrected chi connectivity index (χ2v) is 8.73. The highest BCUT2D eigenvalue weighted by molar-refractivity contribution is 6.12. The Morgan fingerprint density at radius 3 is 2.64 bits per heavy atom. The molecule has 3 aromatic rings. The number of amides is 4. The largest absolute Gasteiger partial charge is 0.384 e. The van der Waals surface area contributed by atoms with Crippen molar-refractivity contribution >= 4 is 29.5 Å². The van der Waals surface area contributed by atoms with E-state index >= 15 is 0 Å². The number of benzene rings is 1. The first-order valence-corrected chi connectivity index (χ1v) is 11.6. The second kappa shape index (κ2) is 10.1. The molecule has 1 aliphatic heterocycles. The van der Waals surface area contributed by atoms with Crippen molar-refractivity contribution in [3.8, 4) is 0 Å². The summed E-state index contributed by atoms with van der Waals surface area (Å²) in [6.07, 6.45) is 3.80. The van der Waals surface area contributed by atoms with Crippen LogP contribution in [0.3, 0.4) is 0 Å². The summed E-state index contributed by atoms with van der Waals surface area (Å²) in [6.45, 7) is 1.80. The first kappa shape index (κ1) is 24.8. The van der Waals surface area contributed by atoms with Crippen LogP contribution in [-0.4, -0.2) is 50.6 Å². The number of β-lactam (4-membered cyclic amide) rings is 1. The van der Waals surface area contributed by atoms with Crippen LogP contribution in [0.2, 0.25) is 0 Å². The Balaban J connectivity index is 1.61. The Morgan fingerprint density at radius 2 is 2.00 bits per heavy atom. The number of nitrogens with zero attached hydrogens (tertiary/aromatic N) is 5. The number of anilines is 2. The summed E-state index contributed by atoms with van der Waals surface area (Å²) in [4.78, 5) is 46.2. The molecule has 1 fully saturated rings. The van der Waals surface area contributed by atoms with Gasteiger partial charge in [0.25, 0.3) is 5.91 Å². The Bertz CT molecular complexity index is 1290. The van der Waals surface area contributed by atoms with Gasteiger partial charge in [0.05, 0.1) is 12.0 Å². The van der Waals surface area contributed by atoms with E-state index in [1.165, 1.54) is 17.2 Å². The molecule has 4 rings (SSSR count). The summed E-state index contributed by atoms with van der Waals surface area (Å²) in [7, 11) is 3.26. The molecule has 0 bridgehead atoms. The zero-order valence-corrected chi connectivity index (χ0v) is 20.3. The topological polar surface area (TPSA) is 126 Å². The van der Waals surface area contributed by atoms with E-state index in [4.69, 9.17) is 5.73 Å². The molecule has 188 valence electrons. The molecule has 1 saturated heterocycles. The summed E-state index contributed by atoms with van der Waals surface area (Å²) in [6, 6.07) is 8.62. The number of imide groups is 1. The minimum absolute atomic E-state index is 0.201. The fourth-order valence-electron chi connectivity index (χ4n) is 4.40. The van der Waals surface area contributed by atoms with Crippen molar-refractivity contribution in [2.75, 3.05) is 17.7 Å². The number of carbonyl (C=O) groups excluding carboxylic acids is 3. The molecule has 0 saturated carbocycles. The minimum Gasteiger partial charge on any atom is -0.384 e. The smallest absolute Gasteiger partial charge is 0.325 e. The van der Waals surface area contributed by atoms with Gasteiger partial charge in [-0.1, -0.05) is 25.1 Å². The van der Waals surface area contributed by atoms with Gasteiger partial charge in [-0.15, -0.1) is 0 Å². The van der Waals surface area contributed by atoms with Crippen LogP contribution in [0.25, 0.3) is 0 Å². The molecule has 36 heavy (non-hydrogen) atoms. The van der Waals surface area contributed by atoms with Gasteiger partial charge in [-0.25, -0.2) is 14.2 Å². The summed E-state index contributed by atoms with van der Waals surface area (Å²) in [5.41, 5.74) is 6.80. The standard InChI is InChI=1S/C25H28FN7O3/c1-4-19(16-7-5-6-8-18(16)26)29-25(36)33-22(24(35)32(3)21-10-12-31(2)30-21)17(23(33)34)13-15-9-11-28-20(27)14-15/h5-12,14,17,19,22H,4,13H2,1-3H3,(H2,27,28)(H,29,36)/t17-,19?,22+/m1/s1. The number of likely N-dealkylation sites (tertiary alicyclic amines) is 1. The van der Waals surface area contributed by atoms with Crippen molar-refractivity contribution < 1.29 is 18.8 Å². The maximum absolute atomic E-state index is 14.4. The average Bonchev–Trinajstić information content (AvgIpc) is 3.30. The van der Waals surface area contributed by atoms with Crippen LogP contribution in [0.15, 0.2) is 54.9 Å². The van der Waals surface area contributed by atoms with Gasteiger partial charge in [-0.05, 0) is 36.6 Å². The lowest BCUT2D eigenvalue weighted by molar-refractivity contribution is -0.156. The molecule has 1 aromatic carbocycles. The lowest BCUT2D eigenvalue weighted by Gasteiger charge is -2.45. The average molecular weight is 494 g/mol. The maximum atomic E-state index is 14.4. The molecule has 10 nitrogen and oxygen atoms in total. The Labute approximate surface area is 207 Å². The van der Waals surface area contributed by atoms with Gasteiger partial charge in [0.1, 0.15) is 17.7 Å². The highest BCUT2D eigenvalue weighted by Crippen LogP contribution is 2.33. The number of urea groups is 1. The van der Waals surface area contributed by atoms with Gasteiger partial charge in [0, 0.05) is 38.1 Å². The monoisotopic (exact) mass is 493 g/mol. The Morgan fingerprint density at radius 1 is 1.25 bits per heavy atom. The molecule has 0 radical (unpaired) electrons. The van der Waals surface area contributed by atoms with Crippen LogP contribution in [0.4, 0.5) is 20.8 Å². The molecule has 4 amide bonds. The summed E-state index contributed by atoms with van der Waals surface area (Å²) >= 11 is 0. The van der Waals surface area contributed by atoms with E-state index in [0.29, 0.717) is 17.8 Å². The normalized spacial score (nSPS) is 17.9. The van der Waals surface area contributed by atoms with Crippen molar-refractivity contribution in [1.82, 2.24) is 25.0 Å². The second-order valence-electron chi connectivity index (χ2n) is 8.73. The molecule has 2 aromatic heterocycles. The van der Waals surface area contributed by atoms with Crippen molar-refractivity contribution in [2.45, 2.75) is 31.8 Å². The lowest BCUT2D eigenvalue weighted by atomic mass is 9.81. The number of hydrogen-bond donors (Lipinski definition) is 2. The molecular weight excluding hydrogens is 465 g/mol. The van der Waals surface area contributed by atoms with Gasteiger partial charge >= 0.3 is 6.03 Å². The maximum Gasteiger partial charge on any atom is 0.325 e. The first-order chi connectivity index (χ1) is 17.2. The van der Waals surface area contributed by atoms with Crippen LogP contribution in [-0.2, 0) is 23.1 Å². The predicted molar refractivity (Wildman–Crippen MR) is 131 cm³/mol. The molecule has 1 aliphatic rings. The number of rotatable bonds is 7. The van der Waals surface area contributed by atoms with E-state index in [1.807, 2.05) is 0 Å². The number of pyridine rings is 1. The predicted octanol–water partition coefficient (Wildman–Crippen LogP) is 2.43. The zero-order chi connectivity index (χ0) is 26.0. The van der Waals surface area contributed by atoms with Crippen molar-refractivity contribution in [2.24, 2.45) is 13.0 Å². The quantitative estimate of drug-likeness (QED) is 0.487. The van der Waals surface area contributed by atoms with Gasteiger partial charge in [0.15, 0.2) is 5.82 Å². The van der Waals surface area contributed by atoms with Crippen molar-refractivity contribution in [3.63, 3.8) is 0 Å². The van der Waals surface area contributed by atoms with Crippen LogP contribution < -0.4 is 16.0 Å². The summed E-state index contributed by atoms with van der Waals surface area (Å²) in [5, 5.41) is 6.97. The molecule has 3 N–H and O–H groups in total. The Hall–Kier alpha value is -4.28. The van der Waals surface area contributed by atoms with Gasteiger partial charge in [0.2, 0.25) is 5.91 Å². The number of nitrogen functional groups attached to an aromatic ring is 1. The van der Waals surface area contributed by atoms with Gasteiger partial charge in [-0.2, -0.15) is 5.10 Å². The number of hydrogen-bond acceptors (Lipinski definition) is 6. The minimum atomic E-state index is -1.07. The van der Waals surface area contributed by atoms with E-state index in [0.717, 1.165) is 10.5 Å².